The molecule has 0 bridgehead atoms. The van der Waals surface area contributed by atoms with E-state index >= 15 is 0 Å². The quantitative estimate of drug-likeness (QED) is 0.583. The third-order valence-corrected chi connectivity index (χ3v) is 5.39. The van der Waals surface area contributed by atoms with Crippen LogP contribution in [0.25, 0.3) is 0 Å². The lowest BCUT2D eigenvalue weighted by atomic mass is 10.2. The van der Waals surface area contributed by atoms with E-state index in [-0.39, 0.29) is 11.3 Å². The Hall–Kier alpha value is -1.58. The minimum Gasteiger partial charge on any atom is -0.451 e. The number of hydrogen-bond acceptors (Lipinski definition) is 6. The lowest BCUT2D eigenvalue weighted by molar-refractivity contribution is -0.156. The molecule has 1 aromatic carbocycles. The number of rotatable bonds is 10. The number of amides is 1. The van der Waals surface area contributed by atoms with Crippen LogP contribution in [0.3, 0.4) is 0 Å². The predicted octanol–water partition coefficient (Wildman–Crippen LogP) is 1.15. The van der Waals surface area contributed by atoms with Gasteiger partial charge in [0, 0.05) is 6.54 Å². The van der Waals surface area contributed by atoms with Gasteiger partial charge in [0.1, 0.15) is 6.04 Å². The van der Waals surface area contributed by atoms with Gasteiger partial charge in [0.2, 0.25) is 10.0 Å². The maximum absolute atomic E-state index is 12.4. The van der Waals surface area contributed by atoms with E-state index in [9.17, 15) is 18.0 Å². The number of ether oxygens (including phenoxy) is 1. The molecule has 0 spiro atoms. The highest BCUT2D eigenvalue weighted by Gasteiger charge is 2.29. The average Bonchev–Trinajstić information content (AvgIpc) is 2.59. The Bertz CT molecular complexity index is 664. The first-order valence-corrected chi connectivity index (χ1v) is 10.7. The molecule has 0 aliphatic rings. The molecule has 0 heterocycles. The second-order valence-electron chi connectivity index (χ2n) is 5.24. The number of thioether (sulfide) groups is 1. The summed E-state index contributed by atoms with van der Waals surface area (Å²) in [4.78, 5) is 24.1. The van der Waals surface area contributed by atoms with Crippen molar-refractivity contribution in [1.82, 2.24) is 10.0 Å². The van der Waals surface area contributed by atoms with Gasteiger partial charge < -0.3 is 10.1 Å². The summed E-state index contributed by atoms with van der Waals surface area (Å²) >= 11 is 1.48. The van der Waals surface area contributed by atoms with Crippen LogP contribution in [-0.4, -0.2) is 51.0 Å². The zero-order valence-corrected chi connectivity index (χ0v) is 16.2. The van der Waals surface area contributed by atoms with E-state index in [4.69, 9.17) is 4.74 Å². The van der Waals surface area contributed by atoms with Gasteiger partial charge in [0.15, 0.2) is 6.10 Å². The van der Waals surface area contributed by atoms with Gasteiger partial charge in [0.05, 0.1) is 4.90 Å². The summed E-state index contributed by atoms with van der Waals surface area (Å²) < 4.78 is 32.3. The highest BCUT2D eigenvalue weighted by Crippen LogP contribution is 2.12. The summed E-state index contributed by atoms with van der Waals surface area (Å²) in [6, 6.07) is 6.72. The molecule has 1 rings (SSSR count). The van der Waals surface area contributed by atoms with E-state index in [1.807, 2.05) is 6.26 Å². The zero-order valence-electron chi connectivity index (χ0n) is 14.5. The molecule has 0 unspecified atom stereocenters. The van der Waals surface area contributed by atoms with Gasteiger partial charge in [0.25, 0.3) is 5.91 Å². The zero-order chi connectivity index (χ0) is 18.9. The van der Waals surface area contributed by atoms with Crippen molar-refractivity contribution in [3.63, 3.8) is 0 Å². The summed E-state index contributed by atoms with van der Waals surface area (Å²) in [5.41, 5.74) is 0. The van der Waals surface area contributed by atoms with Gasteiger partial charge in [-0.1, -0.05) is 18.2 Å². The number of hydrogen-bond donors (Lipinski definition) is 2. The van der Waals surface area contributed by atoms with Gasteiger partial charge in [-0.3, -0.25) is 9.59 Å². The Kier molecular flexibility index (Phi) is 8.95. The lowest BCUT2D eigenvalue weighted by Crippen LogP contribution is -2.45. The van der Waals surface area contributed by atoms with Crippen LogP contribution in [0, 0.1) is 0 Å². The average molecular weight is 389 g/mol. The third-order valence-electron chi connectivity index (χ3n) is 3.26. The molecule has 140 valence electrons. The second-order valence-corrected chi connectivity index (χ2v) is 7.94. The van der Waals surface area contributed by atoms with Crippen LogP contribution < -0.4 is 10.0 Å². The van der Waals surface area contributed by atoms with E-state index in [0.717, 1.165) is 0 Å². The minimum atomic E-state index is -3.86. The second kappa shape index (κ2) is 10.4. The molecule has 0 radical (unpaired) electrons. The molecule has 25 heavy (non-hydrogen) atoms. The van der Waals surface area contributed by atoms with Gasteiger partial charge in [-0.2, -0.15) is 16.5 Å². The van der Waals surface area contributed by atoms with Gasteiger partial charge in [-0.05, 0) is 44.4 Å². The predicted molar refractivity (Wildman–Crippen MR) is 97.8 cm³/mol. The van der Waals surface area contributed by atoms with E-state index < -0.39 is 34.0 Å². The van der Waals surface area contributed by atoms with Crippen molar-refractivity contribution in [1.29, 1.82) is 0 Å². The summed E-state index contributed by atoms with van der Waals surface area (Å²) in [5.74, 6) is -0.634. The van der Waals surface area contributed by atoms with Crippen LogP contribution in [0.15, 0.2) is 35.2 Å². The molecule has 0 aliphatic heterocycles. The van der Waals surface area contributed by atoms with Crippen LogP contribution in [0.2, 0.25) is 0 Å². The molecule has 0 aliphatic carbocycles. The van der Waals surface area contributed by atoms with Gasteiger partial charge in [-0.25, -0.2) is 8.42 Å². The number of benzene rings is 1. The van der Waals surface area contributed by atoms with Crippen LogP contribution in [0.1, 0.15) is 20.3 Å². The standard InChI is InChI=1S/C16H24N2O5S2/c1-4-17-15(19)12(2)23-16(20)14(10-11-24-3)18-25(21,22)13-8-6-5-7-9-13/h5-9,12,14,18H,4,10-11H2,1-3H3,(H,17,19)/t12-,14+/m1/s1. The normalized spacial score (nSPS) is 13.7. The SMILES string of the molecule is CCNC(=O)[C@@H](C)OC(=O)[C@H](CCSC)NS(=O)(=O)c1ccccc1. The van der Waals surface area contributed by atoms with Crippen molar-refractivity contribution in [2.75, 3.05) is 18.6 Å². The van der Waals surface area contributed by atoms with E-state index in [2.05, 4.69) is 10.0 Å². The fourth-order valence-electron chi connectivity index (χ4n) is 1.94. The minimum absolute atomic E-state index is 0.0636. The molecule has 0 fully saturated rings. The topological polar surface area (TPSA) is 102 Å². The largest absolute Gasteiger partial charge is 0.451 e. The highest BCUT2D eigenvalue weighted by molar-refractivity contribution is 7.98. The van der Waals surface area contributed by atoms with Crippen LogP contribution in [-0.2, 0) is 24.3 Å². The maximum atomic E-state index is 12.4. The van der Waals surface area contributed by atoms with Crippen molar-refractivity contribution in [2.24, 2.45) is 0 Å². The number of nitrogens with one attached hydrogen (secondary N) is 2. The molecule has 0 saturated carbocycles. The Balaban J connectivity index is 2.86. The Labute approximate surface area is 153 Å². The smallest absolute Gasteiger partial charge is 0.324 e. The Morgan fingerprint density at radius 1 is 1.24 bits per heavy atom. The third kappa shape index (κ3) is 7.05. The molecular weight excluding hydrogens is 364 g/mol. The summed E-state index contributed by atoms with van der Waals surface area (Å²) in [5, 5.41) is 2.55. The summed E-state index contributed by atoms with van der Waals surface area (Å²) in [6.45, 7) is 3.61. The van der Waals surface area contributed by atoms with Crippen molar-refractivity contribution in [2.45, 2.75) is 37.3 Å². The molecule has 2 atom stereocenters. The van der Waals surface area contributed by atoms with E-state index in [1.54, 1.807) is 25.1 Å². The van der Waals surface area contributed by atoms with Gasteiger partial charge >= 0.3 is 5.97 Å². The van der Waals surface area contributed by atoms with Crippen molar-refractivity contribution >= 4 is 33.7 Å². The molecular formula is C16H24N2O5S2. The van der Waals surface area contributed by atoms with Gasteiger partial charge in [-0.15, -0.1) is 0 Å². The Morgan fingerprint density at radius 3 is 2.44 bits per heavy atom. The first-order valence-electron chi connectivity index (χ1n) is 7.86. The monoisotopic (exact) mass is 388 g/mol. The van der Waals surface area contributed by atoms with Crippen LogP contribution >= 0.6 is 11.8 Å². The lowest BCUT2D eigenvalue weighted by Gasteiger charge is -2.20. The molecule has 0 aromatic heterocycles. The molecule has 7 nitrogen and oxygen atoms in total. The first kappa shape index (κ1) is 21.5. The first-order chi connectivity index (χ1) is 11.8. The number of sulfonamides is 1. The number of esters is 1. The summed E-state index contributed by atoms with van der Waals surface area (Å²) in [6.07, 6.45) is 1.12. The Morgan fingerprint density at radius 2 is 1.88 bits per heavy atom. The number of likely N-dealkylation sites (N-methyl/N-ethyl adjacent to an activating group) is 1. The number of carbonyl (C=O) groups excluding carboxylic acids is 2. The maximum Gasteiger partial charge on any atom is 0.324 e. The van der Waals surface area contributed by atoms with Crippen molar-refractivity contribution in [3.8, 4) is 0 Å². The van der Waals surface area contributed by atoms with E-state index in [1.165, 1.54) is 30.8 Å². The van der Waals surface area contributed by atoms with Crippen molar-refractivity contribution < 1.29 is 22.7 Å². The number of carbonyl (C=O) groups is 2. The molecule has 2 N–H and O–H groups in total. The molecule has 0 saturated heterocycles. The molecule has 1 aromatic rings. The van der Waals surface area contributed by atoms with Crippen LogP contribution in [0.5, 0.6) is 0 Å². The highest BCUT2D eigenvalue weighted by atomic mass is 32.2. The van der Waals surface area contributed by atoms with Crippen molar-refractivity contribution in [3.05, 3.63) is 30.3 Å². The van der Waals surface area contributed by atoms with Crippen LogP contribution in [0.4, 0.5) is 0 Å². The molecule has 1 amide bonds. The summed E-state index contributed by atoms with van der Waals surface area (Å²) in [7, 11) is -3.86. The fraction of sp³-hybridized carbons (Fsp3) is 0.500. The fourth-order valence-corrected chi connectivity index (χ4v) is 3.65. The van der Waals surface area contributed by atoms with E-state index in [0.29, 0.717) is 12.3 Å². The molecule has 9 heteroatoms.